The average Bonchev–Trinajstić information content (AvgIpc) is 3.48. The predicted octanol–water partition coefficient (Wildman–Crippen LogP) is 3.73. The highest BCUT2D eigenvalue weighted by atomic mass is 32.2. The molecular formula is C31H35N7O5S. The Bertz CT molecular complexity index is 1830. The van der Waals surface area contributed by atoms with Gasteiger partial charge in [0.2, 0.25) is 5.88 Å². The van der Waals surface area contributed by atoms with Gasteiger partial charge in [0.25, 0.3) is 10.1 Å². The molecule has 0 amide bonds. The van der Waals surface area contributed by atoms with Gasteiger partial charge in [-0.25, -0.2) is 15.0 Å². The largest absolute Gasteiger partial charge is 0.471 e. The fourth-order valence-corrected chi connectivity index (χ4v) is 5.49. The Kier molecular flexibility index (Phi) is 8.98. The van der Waals surface area contributed by atoms with Gasteiger partial charge in [0.05, 0.1) is 42.6 Å². The number of hydrogen-bond donors (Lipinski definition) is 2. The number of fused-ring (bicyclic) bond motifs is 2. The molecule has 0 spiro atoms. The quantitative estimate of drug-likeness (QED) is 0.269. The van der Waals surface area contributed by atoms with E-state index in [9.17, 15) is 8.42 Å². The van der Waals surface area contributed by atoms with Crippen molar-refractivity contribution in [3.8, 4) is 17.1 Å². The number of rotatable bonds is 6. The van der Waals surface area contributed by atoms with Crippen LogP contribution in [0.4, 0.5) is 5.82 Å². The lowest BCUT2D eigenvalue weighted by molar-refractivity contribution is 0.122. The Labute approximate surface area is 255 Å². The van der Waals surface area contributed by atoms with Gasteiger partial charge in [0.1, 0.15) is 6.61 Å². The van der Waals surface area contributed by atoms with Crippen molar-refractivity contribution in [2.24, 2.45) is 0 Å². The normalized spacial score (nSPS) is 16.1. The number of anilines is 1. The number of hydrogen-bond acceptors (Lipinski definition) is 10. The highest BCUT2D eigenvalue weighted by Gasteiger charge is 2.21. The molecule has 2 N–H and O–H groups in total. The van der Waals surface area contributed by atoms with Crippen molar-refractivity contribution in [2.75, 3.05) is 50.5 Å². The van der Waals surface area contributed by atoms with Gasteiger partial charge in [-0.05, 0) is 50.2 Å². The van der Waals surface area contributed by atoms with Crippen LogP contribution in [-0.4, -0.2) is 83.0 Å². The monoisotopic (exact) mass is 617 g/mol. The summed E-state index contributed by atoms with van der Waals surface area (Å²) in [5.41, 5.74) is 5.66. The molecule has 5 aromatic rings. The lowest BCUT2D eigenvalue weighted by atomic mass is 9.94. The maximum Gasteiger partial charge on any atom is 0.261 e. The molecule has 0 unspecified atom stereocenters. The summed E-state index contributed by atoms with van der Waals surface area (Å²) in [4.78, 5) is 21.6. The van der Waals surface area contributed by atoms with E-state index in [1.165, 1.54) is 0 Å². The fourth-order valence-electron chi connectivity index (χ4n) is 5.49. The predicted molar refractivity (Wildman–Crippen MR) is 168 cm³/mol. The number of imidazole rings is 1. The summed E-state index contributed by atoms with van der Waals surface area (Å²) in [6.45, 7) is 5.35. The first-order chi connectivity index (χ1) is 21.3. The molecule has 0 saturated carbocycles. The zero-order valence-corrected chi connectivity index (χ0v) is 25.3. The van der Waals surface area contributed by atoms with Crippen molar-refractivity contribution < 1.29 is 22.4 Å². The van der Waals surface area contributed by atoms with Crippen LogP contribution in [0.2, 0.25) is 0 Å². The maximum atomic E-state index is 9.19. The molecule has 2 aliphatic rings. The highest BCUT2D eigenvalue weighted by Crippen LogP contribution is 2.29. The minimum Gasteiger partial charge on any atom is -0.471 e. The first-order valence-corrected chi connectivity index (χ1v) is 16.4. The molecular weight excluding hydrogens is 582 g/mol. The van der Waals surface area contributed by atoms with Gasteiger partial charge in [0, 0.05) is 54.1 Å². The van der Waals surface area contributed by atoms with Crippen molar-refractivity contribution in [3.05, 3.63) is 78.5 Å². The second-order valence-electron chi connectivity index (χ2n) is 10.9. The second-order valence-corrected chi connectivity index (χ2v) is 12.3. The van der Waals surface area contributed by atoms with Crippen LogP contribution in [0.3, 0.4) is 0 Å². The zero-order chi connectivity index (χ0) is 30.5. The molecule has 0 bridgehead atoms. The highest BCUT2D eigenvalue weighted by molar-refractivity contribution is 7.85. The van der Waals surface area contributed by atoms with Crippen molar-refractivity contribution in [1.29, 1.82) is 0 Å². The Balaban J connectivity index is 0.000000637. The van der Waals surface area contributed by atoms with Crippen LogP contribution >= 0.6 is 0 Å². The molecule has 13 heteroatoms. The van der Waals surface area contributed by atoms with Crippen LogP contribution in [0, 0.1) is 0 Å². The van der Waals surface area contributed by atoms with E-state index in [4.69, 9.17) is 29.0 Å². The van der Waals surface area contributed by atoms with Crippen molar-refractivity contribution >= 4 is 32.5 Å². The minimum absolute atomic E-state index is 0.307. The summed E-state index contributed by atoms with van der Waals surface area (Å²) >= 11 is 0. The molecule has 6 heterocycles. The molecule has 4 aromatic heterocycles. The number of aromatic nitrogens is 5. The maximum absolute atomic E-state index is 9.19. The lowest BCUT2D eigenvalue weighted by Gasteiger charge is -2.28. The van der Waals surface area contributed by atoms with Crippen LogP contribution in [0.1, 0.15) is 30.1 Å². The first-order valence-electron chi connectivity index (χ1n) is 14.6. The summed E-state index contributed by atoms with van der Waals surface area (Å²) < 4.78 is 39.6. The smallest absolute Gasteiger partial charge is 0.261 e. The standard InChI is InChI=1S/C30H31N7O2.CH4O3S/c1-2-4-26-21(3-1)6-8-28(35-26)39-20-24-19-37-27(18-33-29(30(37)34-24)36-13-15-38-16-14-36)23-5-7-25(32-17-23)22-9-11-31-12-10-22;1-5(2,3)4/h1-8,17-19,22,31H,9-16,20H2;1H3,(H,2,3,4). The summed E-state index contributed by atoms with van der Waals surface area (Å²) in [6, 6.07) is 16.3. The van der Waals surface area contributed by atoms with E-state index in [-0.39, 0.29) is 0 Å². The topological polar surface area (TPSA) is 144 Å². The van der Waals surface area contributed by atoms with Crippen molar-refractivity contribution in [3.63, 3.8) is 0 Å². The van der Waals surface area contributed by atoms with E-state index < -0.39 is 10.1 Å². The fraction of sp³-hybridized carbons (Fsp3) is 0.355. The van der Waals surface area contributed by atoms with Gasteiger partial charge >= 0.3 is 0 Å². The molecule has 0 radical (unpaired) electrons. The van der Waals surface area contributed by atoms with Crippen LogP contribution in [0.5, 0.6) is 5.88 Å². The van der Waals surface area contributed by atoms with Gasteiger partial charge in [0.15, 0.2) is 11.5 Å². The van der Waals surface area contributed by atoms with Gasteiger partial charge in [-0.1, -0.05) is 18.2 Å². The Morgan fingerprint density at radius 3 is 2.52 bits per heavy atom. The number of para-hydroxylation sites is 1. The van der Waals surface area contributed by atoms with E-state index in [0.717, 1.165) is 84.0 Å². The Morgan fingerprint density at radius 2 is 1.77 bits per heavy atom. The SMILES string of the molecule is CS(=O)(=O)O.c1ccc2nc(OCc3cn4c(-c5ccc(C6CCNCC6)nc5)cnc(N5CCOCC5)c4n3)ccc2c1. The Morgan fingerprint density at radius 1 is 1.00 bits per heavy atom. The second kappa shape index (κ2) is 13.2. The third kappa shape index (κ3) is 7.30. The van der Waals surface area contributed by atoms with Gasteiger partial charge in [-0.3, -0.25) is 13.9 Å². The lowest BCUT2D eigenvalue weighted by Crippen LogP contribution is -2.37. The van der Waals surface area contributed by atoms with Gasteiger partial charge in [-0.2, -0.15) is 8.42 Å². The van der Waals surface area contributed by atoms with E-state index in [0.29, 0.717) is 37.9 Å². The summed E-state index contributed by atoms with van der Waals surface area (Å²) in [5.74, 6) is 1.95. The molecule has 2 aliphatic heterocycles. The number of ether oxygens (including phenoxy) is 2. The molecule has 44 heavy (non-hydrogen) atoms. The molecule has 230 valence electrons. The number of benzene rings is 1. The third-order valence-corrected chi connectivity index (χ3v) is 7.62. The number of morpholine rings is 1. The van der Waals surface area contributed by atoms with E-state index in [1.807, 2.05) is 55.0 Å². The number of nitrogens with zero attached hydrogens (tertiary/aromatic N) is 6. The average molecular weight is 618 g/mol. The van der Waals surface area contributed by atoms with Crippen molar-refractivity contribution in [1.82, 2.24) is 29.7 Å². The van der Waals surface area contributed by atoms with Gasteiger partial charge < -0.3 is 19.7 Å². The summed E-state index contributed by atoms with van der Waals surface area (Å²) in [7, 11) is -3.67. The Hall–Kier alpha value is -4.17. The third-order valence-electron chi connectivity index (χ3n) is 7.62. The van der Waals surface area contributed by atoms with Crippen molar-refractivity contribution in [2.45, 2.75) is 25.4 Å². The van der Waals surface area contributed by atoms with Crippen LogP contribution in [-0.2, 0) is 21.5 Å². The zero-order valence-electron chi connectivity index (χ0n) is 24.5. The van der Waals surface area contributed by atoms with Gasteiger partial charge in [-0.15, -0.1) is 0 Å². The van der Waals surface area contributed by atoms with Crippen LogP contribution in [0.25, 0.3) is 27.8 Å². The minimum atomic E-state index is -3.67. The van der Waals surface area contributed by atoms with E-state index >= 15 is 0 Å². The van der Waals surface area contributed by atoms with Crippen LogP contribution < -0.4 is 15.0 Å². The molecule has 1 aromatic carbocycles. The summed E-state index contributed by atoms with van der Waals surface area (Å²) in [6.07, 6.45) is 8.91. The molecule has 0 aliphatic carbocycles. The van der Waals surface area contributed by atoms with E-state index in [2.05, 4.69) is 31.7 Å². The van der Waals surface area contributed by atoms with E-state index in [1.54, 1.807) is 0 Å². The molecule has 12 nitrogen and oxygen atoms in total. The molecule has 2 saturated heterocycles. The molecule has 0 atom stereocenters. The van der Waals surface area contributed by atoms with Crippen LogP contribution in [0.15, 0.2) is 67.1 Å². The first kappa shape index (κ1) is 29.9. The number of pyridine rings is 2. The number of piperidine rings is 1. The molecule has 2 fully saturated rings. The molecule has 7 rings (SSSR count). The number of nitrogens with one attached hydrogen (secondary N) is 1. The summed E-state index contributed by atoms with van der Waals surface area (Å²) in [5, 5.41) is 4.52.